The molecule has 0 aliphatic carbocycles. The van der Waals surface area contributed by atoms with E-state index in [1.54, 1.807) is 11.8 Å². The predicted octanol–water partition coefficient (Wildman–Crippen LogP) is 4.76. The van der Waals surface area contributed by atoms with E-state index in [2.05, 4.69) is 45.0 Å². The monoisotopic (exact) mass is 340 g/mol. The van der Waals surface area contributed by atoms with Crippen LogP contribution in [0.5, 0.6) is 0 Å². The first-order valence-electron chi connectivity index (χ1n) is 5.66. The van der Waals surface area contributed by atoms with Crippen LogP contribution in [0.15, 0.2) is 39.7 Å². The van der Waals surface area contributed by atoms with Crippen LogP contribution in [0.2, 0.25) is 0 Å². The van der Waals surface area contributed by atoms with E-state index in [4.69, 9.17) is 12.2 Å². The second-order valence-corrected chi connectivity index (χ2v) is 5.96. The Hall–Kier alpha value is -0.650. The average Bonchev–Trinajstić information content (AvgIpc) is 2.41. The normalized spacial score (nSPS) is 10.6. The van der Waals surface area contributed by atoms with Crippen LogP contribution in [0.25, 0.3) is 0 Å². The number of aromatic amines is 1. The highest BCUT2D eigenvalue weighted by atomic mass is 79.9. The van der Waals surface area contributed by atoms with E-state index < -0.39 is 0 Å². The molecule has 2 nitrogen and oxygen atoms in total. The zero-order chi connectivity index (χ0) is 13.0. The van der Waals surface area contributed by atoms with Gasteiger partial charge in [-0.05, 0) is 34.5 Å². The molecule has 0 saturated heterocycles. The summed E-state index contributed by atoms with van der Waals surface area (Å²) in [7, 11) is 0. The summed E-state index contributed by atoms with van der Waals surface area (Å²) in [5, 5.41) is 0. The zero-order valence-electron chi connectivity index (χ0n) is 9.94. The Bertz CT molecular complexity index is 581. The minimum atomic E-state index is 0.634. The van der Waals surface area contributed by atoms with Gasteiger partial charge in [-0.15, -0.1) is 11.8 Å². The Balaban J connectivity index is 2.15. The SMILES string of the molecule is CCc1[nH]c(CSc2ccccc2)nc(=S)c1Br. The van der Waals surface area contributed by atoms with Gasteiger partial charge >= 0.3 is 0 Å². The summed E-state index contributed by atoms with van der Waals surface area (Å²) >= 11 is 10.5. The summed E-state index contributed by atoms with van der Waals surface area (Å²) in [6.45, 7) is 2.10. The minimum Gasteiger partial charge on any atom is -0.345 e. The third-order valence-electron chi connectivity index (χ3n) is 2.46. The van der Waals surface area contributed by atoms with Crippen molar-refractivity contribution in [3.05, 3.63) is 51.0 Å². The fraction of sp³-hybridized carbons (Fsp3) is 0.231. The number of rotatable bonds is 4. The van der Waals surface area contributed by atoms with Crippen molar-refractivity contribution in [1.82, 2.24) is 9.97 Å². The van der Waals surface area contributed by atoms with Crippen molar-refractivity contribution >= 4 is 39.9 Å². The summed E-state index contributed by atoms with van der Waals surface area (Å²) in [6, 6.07) is 10.3. The Morgan fingerprint density at radius 2 is 2.06 bits per heavy atom. The molecule has 94 valence electrons. The molecule has 5 heteroatoms. The number of nitrogens with one attached hydrogen (secondary N) is 1. The van der Waals surface area contributed by atoms with Gasteiger partial charge in [-0.1, -0.05) is 37.3 Å². The van der Waals surface area contributed by atoms with E-state index in [1.807, 2.05) is 18.2 Å². The van der Waals surface area contributed by atoms with E-state index >= 15 is 0 Å². The Labute approximate surface area is 124 Å². The van der Waals surface area contributed by atoms with Crippen molar-refractivity contribution in [2.75, 3.05) is 0 Å². The Kier molecular flexibility index (Phi) is 4.97. The van der Waals surface area contributed by atoms with Crippen molar-refractivity contribution in [2.45, 2.75) is 24.0 Å². The molecule has 0 spiro atoms. The molecule has 0 fully saturated rings. The lowest BCUT2D eigenvalue weighted by molar-refractivity contribution is 0.920. The molecular formula is C13H13BrN2S2. The number of aryl methyl sites for hydroxylation is 1. The lowest BCUT2D eigenvalue weighted by atomic mass is 10.3. The van der Waals surface area contributed by atoms with Crippen molar-refractivity contribution in [3.63, 3.8) is 0 Å². The topological polar surface area (TPSA) is 28.7 Å². The average molecular weight is 341 g/mol. The fourth-order valence-electron chi connectivity index (χ4n) is 1.54. The molecular weight excluding hydrogens is 328 g/mol. The van der Waals surface area contributed by atoms with Gasteiger partial charge in [0.2, 0.25) is 0 Å². The van der Waals surface area contributed by atoms with Crippen LogP contribution in [0.1, 0.15) is 18.4 Å². The summed E-state index contributed by atoms with van der Waals surface area (Å²) in [4.78, 5) is 8.95. The molecule has 0 unspecified atom stereocenters. The third kappa shape index (κ3) is 3.43. The molecule has 0 atom stereocenters. The smallest absolute Gasteiger partial charge is 0.144 e. The molecule has 1 aromatic heterocycles. The third-order valence-corrected chi connectivity index (χ3v) is 4.89. The van der Waals surface area contributed by atoms with Gasteiger partial charge in [0.25, 0.3) is 0 Å². The maximum Gasteiger partial charge on any atom is 0.144 e. The molecule has 0 saturated carbocycles. The van der Waals surface area contributed by atoms with Gasteiger partial charge in [0.15, 0.2) is 0 Å². The van der Waals surface area contributed by atoms with Crippen LogP contribution >= 0.6 is 39.9 Å². The Morgan fingerprint density at radius 1 is 1.33 bits per heavy atom. The number of aromatic nitrogens is 2. The molecule has 1 heterocycles. The maximum absolute atomic E-state index is 5.24. The van der Waals surface area contributed by atoms with Crippen LogP contribution in [-0.2, 0) is 12.2 Å². The highest BCUT2D eigenvalue weighted by molar-refractivity contribution is 9.10. The lowest BCUT2D eigenvalue weighted by Crippen LogP contribution is -1.99. The molecule has 0 aliphatic heterocycles. The fourth-order valence-corrected chi connectivity index (χ4v) is 3.03. The van der Waals surface area contributed by atoms with Crippen molar-refractivity contribution in [2.24, 2.45) is 0 Å². The van der Waals surface area contributed by atoms with Gasteiger partial charge < -0.3 is 4.98 Å². The quantitative estimate of drug-likeness (QED) is 0.642. The highest BCUT2D eigenvalue weighted by Gasteiger charge is 2.05. The highest BCUT2D eigenvalue weighted by Crippen LogP contribution is 2.22. The molecule has 0 bridgehead atoms. The second kappa shape index (κ2) is 6.50. The summed E-state index contributed by atoms with van der Waals surface area (Å²) in [5.41, 5.74) is 1.11. The number of hydrogen-bond acceptors (Lipinski definition) is 3. The molecule has 18 heavy (non-hydrogen) atoms. The first-order valence-corrected chi connectivity index (χ1v) is 7.84. The molecule has 0 aliphatic rings. The van der Waals surface area contributed by atoms with E-state index in [0.29, 0.717) is 4.64 Å². The van der Waals surface area contributed by atoms with Crippen molar-refractivity contribution < 1.29 is 0 Å². The van der Waals surface area contributed by atoms with Crippen LogP contribution in [0.3, 0.4) is 0 Å². The van der Waals surface area contributed by atoms with Crippen LogP contribution < -0.4 is 0 Å². The predicted molar refractivity (Wildman–Crippen MR) is 82.5 cm³/mol. The van der Waals surface area contributed by atoms with Gasteiger partial charge in [0.05, 0.1) is 10.2 Å². The number of halogens is 1. The van der Waals surface area contributed by atoms with E-state index in [0.717, 1.165) is 28.2 Å². The number of H-pyrrole nitrogens is 1. The van der Waals surface area contributed by atoms with Gasteiger partial charge in [0.1, 0.15) is 10.5 Å². The van der Waals surface area contributed by atoms with Gasteiger partial charge in [0, 0.05) is 10.6 Å². The largest absolute Gasteiger partial charge is 0.345 e. The van der Waals surface area contributed by atoms with Gasteiger partial charge in [-0.25, -0.2) is 4.98 Å². The van der Waals surface area contributed by atoms with Gasteiger partial charge in [-0.2, -0.15) is 0 Å². The van der Waals surface area contributed by atoms with E-state index in [9.17, 15) is 0 Å². The molecule has 0 radical (unpaired) electrons. The molecule has 1 N–H and O–H groups in total. The summed E-state index contributed by atoms with van der Waals surface area (Å²) < 4.78 is 1.54. The van der Waals surface area contributed by atoms with Crippen molar-refractivity contribution in [3.8, 4) is 0 Å². The number of nitrogens with zero attached hydrogens (tertiary/aromatic N) is 1. The molecule has 2 rings (SSSR count). The standard InChI is InChI=1S/C13H13BrN2S2/c1-2-10-12(14)13(17)16-11(15-10)8-18-9-6-4-3-5-7-9/h3-7H,2,8H2,1H3,(H,15,16,17). The first kappa shape index (κ1) is 13.8. The van der Waals surface area contributed by atoms with E-state index in [1.165, 1.54) is 4.90 Å². The number of thioether (sulfide) groups is 1. The van der Waals surface area contributed by atoms with E-state index in [-0.39, 0.29) is 0 Å². The Morgan fingerprint density at radius 3 is 2.72 bits per heavy atom. The molecule has 0 amide bonds. The van der Waals surface area contributed by atoms with Crippen LogP contribution in [0, 0.1) is 4.64 Å². The zero-order valence-corrected chi connectivity index (χ0v) is 13.2. The van der Waals surface area contributed by atoms with Crippen LogP contribution in [-0.4, -0.2) is 9.97 Å². The maximum atomic E-state index is 5.24. The second-order valence-electron chi connectivity index (χ2n) is 3.74. The lowest BCUT2D eigenvalue weighted by Gasteiger charge is -2.06. The number of hydrogen-bond donors (Lipinski definition) is 1. The summed E-state index contributed by atoms with van der Waals surface area (Å²) in [5.74, 6) is 1.72. The van der Waals surface area contributed by atoms with Gasteiger partial charge in [-0.3, -0.25) is 0 Å². The number of benzene rings is 1. The molecule has 1 aromatic carbocycles. The molecule has 2 aromatic rings. The minimum absolute atomic E-state index is 0.634. The van der Waals surface area contributed by atoms with Crippen LogP contribution in [0.4, 0.5) is 0 Å². The van der Waals surface area contributed by atoms with Crippen molar-refractivity contribution in [1.29, 1.82) is 0 Å². The summed E-state index contributed by atoms with van der Waals surface area (Å²) in [6.07, 6.45) is 0.912. The first-order chi connectivity index (χ1) is 8.70.